The van der Waals surface area contributed by atoms with Gasteiger partial charge in [-0.1, -0.05) is 0 Å². The van der Waals surface area contributed by atoms with Gasteiger partial charge in [0.25, 0.3) is 6.29 Å². The van der Waals surface area contributed by atoms with Gasteiger partial charge in [-0.3, -0.25) is 0 Å². The predicted molar refractivity (Wildman–Crippen MR) is 53.8 cm³/mol. The number of hydrogen-bond donors (Lipinski definition) is 0. The molecule has 78 valence electrons. The Balaban J connectivity index is 2.15. The lowest BCUT2D eigenvalue weighted by molar-refractivity contribution is -0.148. The molecule has 0 bridgehead atoms. The standard InChI is InChI=1S/C10H8O4S/c1-6-5-8(14-9(6)11)13-7-3-2-4-12-10(7)15/h2-5,8H,1H3. The molecule has 1 aliphatic rings. The molecule has 0 saturated carbocycles. The summed E-state index contributed by atoms with van der Waals surface area (Å²) in [5, 5.41) is 0. The fraction of sp³-hybridized carbons (Fsp3) is 0.200. The molecule has 4 nitrogen and oxygen atoms in total. The number of carbonyl (C=O) groups is 1. The van der Waals surface area contributed by atoms with Crippen molar-refractivity contribution in [3.05, 3.63) is 34.8 Å². The van der Waals surface area contributed by atoms with E-state index in [4.69, 9.17) is 26.1 Å². The molecule has 0 saturated heterocycles. The molecule has 0 spiro atoms. The van der Waals surface area contributed by atoms with Gasteiger partial charge in [0.1, 0.15) is 0 Å². The highest BCUT2D eigenvalue weighted by molar-refractivity contribution is 7.71. The van der Waals surface area contributed by atoms with Gasteiger partial charge in [0.05, 0.1) is 6.26 Å². The summed E-state index contributed by atoms with van der Waals surface area (Å²) in [5.41, 5.74) is 0.527. The first-order valence-electron chi connectivity index (χ1n) is 4.31. The topological polar surface area (TPSA) is 48.7 Å². The van der Waals surface area contributed by atoms with E-state index in [9.17, 15) is 4.79 Å². The second-order valence-electron chi connectivity index (χ2n) is 3.01. The zero-order chi connectivity index (χ0) is 10.8. The number of ether oxygens (including phenoxy) is 2. The largest absolute Gasteiger partial charge is 0.450 e. The first-order chi connectivity index (χ1) is 7.16. The first kappa shape index (κ1) is 9.92. The average Bonchev–Trinajstić information content (AvgIpc) is 2.50. The third-order valence-corrected chi connectivity index (χ3v) is 2.17. The van der Waals surface area contributed by atoms with Crippen LogP contribution in [-0.4, -0.2) is 12.3 Å². The predicted octanol–water partition coefficient (Wildman–Crippen LogP) is 2.22. The minimum Gasteiger partial charge on any atom is -0.450 e. The van der Waals surface area contributed by atoms with E-state index in [-0.39, 0.29) is 10.7 Å². The van der Waals surface area contributed by atoms with E-state index in [1.165, 1.54) is 6.26 Å². The van der Waals surface area contributed by atoms with Crippen LogP contribution in [0.5, 0.6) is 5.75 Å². The summed E-state index contributed by atoms with van der Waals surface area (Å²) < 4.78 is 15.4. The third-order valence-electron chi connectivity index (χ3n) is 1.88. The van der Waals surface area contributed by atoms with Crippen LogP contribution in [0.15, 0.2) is 34.5 Å². The molecular weight excluding hydrogens is 216 g/mol. The van der Waals surface area contributed by atoms with Gasteiger partial charge in [-0.25, -0.2) is 4.79 Å². The molecule has 2 rings (SSSR count). The van der Waals surface area contributed by atoms with Gasteiger partial charge in [0.15, 0.2) is 5.75 Å². The lowest BCUT2D eigenvalue weighted by atomic mass is 10.3. The molecule has 5 heteroatoms. The van der Waals surface area contributed by atoms with Crippen molar-refractivity contribution in [2.45, 2.75) is 13.2 Å². The van der Waals surface area contributed by atoms with Crippen LogP contribution in [0.25, 0.3) is 0 Å². The van der Waals surface area contributed by atoms with Crippen LogP contribution >= 0.6 is 12.2 Å². The zero-order valence-electron chi connectivity index (χ0n) is 7.93. The SMILES string of the molecule is CC1=CC(Oc2cccoc2=S)OC1=O. The highest BCUT2D eigenvalue weighted by atomic mass is 32.1. The van der Waals surface area contributed by atoms with E-state index in [1.807, 2.05) is 0 Å². The molecule has 0 aromatic carbocycles. The number of hydrogen-bond acceptors (Lipinski definition) is 5. The highest BCUT2D eigenvalue weighted by Crippen LogP contribution is 2.19. The van der Waals surface area contributed by atoms with E-state index in [1.54, 1.807) is 25.1 Å². The summed E-state index contributed by atoms with van der Waals surface area (Å²) >= 11 is 4.89. The number of rotatable bonds is 2. The maximum Gasteiger partial charge on any atom is 0.336 e. The molecule has 1 aromatic heterocycles. The van der Waals surface area contributed by atoms with Crippen molar-refractivity contribution >= 4 is 18.2 Å². The molecule has 2 heterocycles. The van der Waals surface area contributed by atoms with Crippen molar-refractivity contribution in [2.75, 3.05) is 0 Å². The molecule has 0 radical (unpaired) electrons. The van der Waals surface area contributed by atoms with E-state index < -0.39 is 6.29 Å². The molecule has 1 unspecified atom stereocenters. The average molecular weight is 224 g/mol. The third kappa shape index (κ3) is 2.07. The fourth-order valence-electron chi connectivity index (χ4n) is 1.13. The summed E-state index contributed by atoms with van der Waals surface area (Å²) in [4.78, 5) is 11.0. The van der Waals surface area contributed by atoms with Crippen LogP contribution in [0.4, 0.5) is 0 Å². The normalized spacial score (nSPS) is 19.7. The second-order valence-corrected chi connectivity index (χ2v) is 3.38. The Kier molecular flexibility index (Phi) is 2.55. The van der Waals surface area contributed by atoms with E-state index in [0.29, 0.717) is 11.3 Å². The number of carbonyl (C=O) groups excluding carboxylic acids is 1. The van der Waals surface area contributed by atoms with Crippen LogP contribution in [0.2, 0.25) is 0 Å². The van der Waals surface area contributed by atoms with Gasteiger partial charge in [-0.15, -0.1) is 0 Å². The van der Waals surface area contributed by atoms with Gasteiger partial charge in [0.2, 0.25) is 4.71 Å². The number of cyclic esters (lactones) is 1. The van der Waals surface area contributed by atoms with E-state index >= 15 is 0 Å². The Morgan fingerprint density at radius 3 is 2.93 bits per heavy atom. The summed E-state index contributed by atoms with van der Waals surface area (Å²) in [5.74, 6) is 0.00929. The molecule has 1 aromatic rings. The van der Waals surface area contributed by atoms with Gasteiger partial charge in [0, 0.05) is 11.6 Å². The van der Waals surface area contributed by atoms with Gasteiger partial charge in [-0.05, 0) is 31.3 Å². The van der Waals surface area contributed by atoms with Crippen molar-refractivity contribution in [3.8, 4) is 5.75 Å². The minimum atomic E-state index is -0.711. The maximum absolute atomic E-state index is 11.0. The van der Waals surface area contributed by atoms with Crippen LogP contribution in [0, 0.1) is 4.71 Å². The molecule has 0 aliphatic carbocycles. The van der Waals surface area contributed by atoms with Crippen molar-refractivity contribution in [1.82, 2.24) is 0 Å². The summed E-state index contributed by atoms with van der Waals surface area (Å²) in [6.07, 6.45) is 2.33. The minimum absolute atomic E-state index is 0.228. The Hall–Kier alpha value is -1.62. The number of esters is 1. The maximum atomic E-state index is 11.0. The van der Waals surface area contributed by atoms with E-state index in [0.717, 1.165) is 0 Å². The molecule has 0 N–H and O–H groups in total. The molecule has 0 fully saturated rings. The van der Waals surface area contributed by atoms with Gasteiger partial charge >= 0.3 is 5.97 Å². The smallest absolute Gasteiger partial charge is 0.336 e. The summed E-state index contributed by atoms with van der Waals surface area (Å²) in [7, 11) is 0. The van der Waals surface area contributed by atoms with Crippen molar-refractivity contribution in [2.24, 2.45) is 0 Å². The quantitative estimate of drug-likeness (QED) is 0.569. The first-order valence-corrected chi connectivity index (χ1v) is 4.71. The van der Waals surface area contributed by atoms with Gasteiger partial charge in [-0.2, -0.15) is 0 Å². The van der Waals surface area contributed by atoms with Crippen LogP contribution in [0.3, 0.4) is 0 Å². The van der Waals surface area contributed by atoms with Crippen molar-refractivity contribution in [1.29, 1.82) is 0 Å². The highest BCUT2D eigenvalue weighted by Gasteiger charge is 2.23. The van der Waals surface area contributed by atoms with Crippen molar-refractivity contribution in [3.63, 3.8) is 0 Å². The Bertz CT molecular complexity index is 474. The monoisotopic (exact) mass is 224 g/mol. The summed E-state index contributed by atoms with van der Waals surface area (Å²) in [6.45, 7) is 1.66. The Morgan fingerprint density at radius 2 is 2.33 bits per heavy atom. The molecule has 15 heavy (non-hydrogen) atoms. The lowest BCUT2D eigenvalue weighted by Crippen LogP contribution is -2.15. The molecule has 1 atom stereocenters. The Morgan fingerprint density at radius 1 is 1.53 bits per heavy atom. The second kappa shape index (κ2) is 3.86. The van der Waals surface area contributed by atoms with Crippen molar-refractivity contribution < 1.29 is 18.7 Å². The molecule has 1 aliphatic heterocycles. The van der Waals surface area contributed by atoms with E-state index in [2.05, 4.69) is 0 Å². The Labute approximate surface area is 91.1 Å². The van der Waals surface area contributed by atoms with Gasteiger partial charge < -0.3 is 13.9 Å². The zero-order valence-corrected chi connectivity index (χ0v) is 8.74. The summed E-state index contributed by atoms with van der Waals surface area (Å²) in [6, 6.07) is 3.31. The molecule has 0 amide bonds. The molecular formula is C10H8O4S. The van der Waals surface area contributed by atoms with Crippen LogP contribution < -0.4 is 4.74 Å². The lowest BCUT2D eigenvalue weighted by Gasteiger charge is -2.10. The van der Waals surface area contributed by atoms with Crippen LogP contribution in [0.1, 0.15) is 6.92 Å². The fourth-order valence-corrected chi connectivity index (χ4v) is 1.30. The van der Waals surface area contributed by atoms with Crippen LogP contribution in [-0.2, 0) is 9.53 Å².